The zero-order chi connectivity index (χ0) is 31.4. The molecule has 0 saturated heterocycles. The largest absolute Gasteiger partial charge is 0.445 e. The first-order valence-corrected chi connectivity index (χ1v) is 14.9. The highest BCUT2D eigenvalue weighted by molar-refractivity contribution is 5.98. The standard InChI is InChI=1S/C35H35N5O5/c36-20-7-6-15-30(38-35(43)44-23-25-9-2-1-3-10-25)32(41)33-39-31(45-40-33)21-24-16-18-27(19-17-24)34(42)37-22-28-13-8-12-26-11-4-5-14-29(26)28/h1-5,8-14,16-19,30H,6-7,15,20-23,36H2,(H,37,42)(H,38,43). The number of carbonyl (C=O) groups is 3. The molecule has 0 aliphatic rings. The van der Waals surface area contributed by atoms with Crippen molar-refractivity contribution in [1.82, 2.24) is 20.8 Å². The van der Waals surface area contributed by atoms with Gasteiger partial charge in [-0.1, -0.05) is 90.1 Å². The molecule has 0 saturated carbocycles. The van der Waals surface area contributed by atoms with Crippen LogP contribution in [0.2, 0.25) is 0 Å². The molecular weight excluding hydrogens is 570 g/mol. The van der Waals surface area contributed by atoms with Gasteiger partial charge in [0.25, 0.3) is 5.91 Å². The number of unbranched alkanes of at least 4 members (excludes halogenated alkanes) is 1. The summed E-state index contributed by atoms with van der Waals surface area (Å²) >= 11 is 0. The second-order valence-corrected chi connectivity index (χ2v) is 10.6. The van der Waals surface area contributed by atoms with Crippen LogP contribution in [0.25, 0.3) is 10.8 Å². The van der Waals surface area contributed by atoms with E-state index in [1.54, 1.807) is 24.3 Å². The molecule has 1 unspecified atom stereocenters. The summed E-state index contributed by atoms with van der Waals surface area (Å²) in [7, 11) is 0. The summed E-state index contributed by atoms with van der Waals surface area (Å²) in [5.74, 6) is -0.554. The zero-order valence-electron chi connectivity index (χ0n) is 24.8. The number of nitrogens with two attached hydrogens (primary N) is 1. The lowest BCUT2D eigenvalue weighted by atomic mass is 10.0. The molecule has 0 radical (unpaired) electrons. The Kier molecular flexibility index (Phi) is 10.6. The van der Waals surface area contributed by atoms with Crippen LogP contribution >= 0.6 is 0 Å². The number of aromatic nitrogens is 2. The number of ether oxygens (including phenoxy) is 1. The van der Waals surface area contributed by atoms with Crippen molar-refractivity contribution in [3.05, 3.63) is 131 Å². The molecule has 2 amide bonds. The van der Waals surface area contributed by atoms with Gasteiger partial charge in [0.1, 0.15) is 6.61 Å². The first-order chi connectivity index (χ1) is 22.0. The van der Waals surface area contributed by atoms with Crippen molar-refractivity contribution in [2.75, 3.05) is 6.54 Å². The lowest BCUT2D eigenvalue weighted by molar-refractivity contribution is 0.0896. The normalized spacial score (nSPS) is 11.6. The number of fused-ring (bicyclic) bond motifs is 1. The van der Waals surface area contributed by atoms with Gasteiger partial charge in [0.05, 0.1) is 12.5 Å². The van der Waals surface area contributed by atoms with Crippen LogP contribution < -0.4 is 16.4 Å². The van der Waals surface area contributed by atoms with Gasteiger partial charge in [-0.25, -0.2) is 4.79 Å². The summed E-state index contributed by atoms with van der Waals surface area (Å²) in [5.41, 5.74) is 8.83. The van der Waals surface area contributed by atoms with Gasteiger partial charge >= 0.3 is 6.09 Å². The molecule has 230 valence electrons. The summed E-state index contributed by atoms with van der Waals surface area (Å²) in [5, 5.41) is 11.7. The van der Waals surface area contributed by atoms with Crippen LogP contribution in [-0.2, 0) is 24.3 Å². The molecule has 45 heavy (non-hydrogen) atoms. The van der Waals surface area contributed by atoms with E-state index in [1.165, 1.54) is 0 Å². The molecule has 4 aromatic carbocycles. The minimum Gasteiger partial charge on any atom is -0.445 e. The smallest absolute Gasteiger partial charge is 0.408 e. The molecule has 10 nitrogen and oxygen atoms in total. The summed E-state index contributed by atoms with van der Waals surface area (Å²) < 4.78 is 10.6. The van der Waals surface area contributed by atoms with E-state index in [2.05, 4.69) is 20.8 Å². The van der Waals surface area contributed by atoms with Gasteiger partial charge in [0.15, 0.2) is 0 Å². The predicted octanol–water partition coefficient (Wildman–Crippen LogP) is 5.35. The highest BCUT2D eigenvalue weighted by Crippen LogP contribution is 2.19. The fourth-order valence-corrected chi connectivity index (χ4v) is 4.92. The minimum absolute atomic E-state index is 0.0768. The third-order valence-electron chi connectivity index (χ3n) is 7.35. The molecule has 4 N–H and O–H groups in total. The van der Waals surface area contributed by atoms with Gasteiger partial charge in [0.2, 0.25) is 17.5 Å². The van der Waals surface area contributed by atoms with E-state index in [0.29, 0.717) is 37.9 Å². The Labute approximate surface area is 261 Å². The average molecular weight is 606 g/mol. The topological polar surface area (TPSA) is 149 Å². The number of benzene rings is 4. The van der Waals surface area contributed by atoms with Gasteiger partial charge in [-0.3, -0.25) is 9.59 Å². The van der Waals surface area contributed by atoms with Crippen LogP contribution in [0.4, 0.5) is 4.79 Å². The molecular formula is C35H35N5O5. The van der Waals surface area contributed by atoms with Crippen LogP contribution in [0.15, 0.2) is 102 Å². The van der Waals surface area contributed by atoms with Crippen molar-refractivity contribution < 1.29 is 23.6 Å². The summed E-state index contributed by atoms with van der Waals surface area (Å²) in [4.78, 5) is 42.8. The van der Waals surface area contributed by atoms with Crippen LogP contribution in [-0.4, -0.2) is 40.5 Å². The van der Waals surface area contributed by atoms with E-state index >= 15 is 0 Å². The number of Topliss-reactive ketones (excluding diaryl/α,β-unsaturated/α-hetero) is 1. The van der Waals surface area contributed by atoms with Gasteiger partial charge in [-0.05, 0) is 65.4 Å². The van der Waals surface area contributed by atoms with E-state index in [0.717, 1.165) is 27.5 Å². The number of nitrogens with zero attached hydrogens (tertiary/aromatic N) is 2. The van der Waals surface area contributed by atoms with Crippen LogP contribution in [0.5, 0.6) is 0 Å². The maximum absolute atomic E-state index is 13.2. The SMILES string of the molecule is NCCCCC(NC(=O)OCc1ccccc1)C(=O)c1noc(Cc2ccc(C(=O)NCc3cccc4ccccc34)cc2)n1. The van der Waals surface area contributed by atoms with Crippen LogP contribution in [0, 0.1) is 0 Å². The number of carbonyl (C=O) groups excluding carboxylic acids is 3. The molecule has 0 fully saturated rings. The Balaban J connectivity index is 1.16. The minimum atomic E-state index is -0.892. The lowest BCUT2D eigenvalue weighted by Crippen LogP contribution is -2.41. The van der Waals surface area contributed by atoms with Crippen molar-refractivity contribution in [1.29, 1.82) is 0 Å². The number of rotatable bonds is 14. The first-order valence-electron chi connectivity index (χ1n) is 14.9. The number of ketones is 1. The second-order valence-electron chi connectivity index (χ2n) is 10.6. The van der Waals surface area contributed by atoms with E-state index in [1.807, 2.05) is 72.8 Å². The molecule has 1 heterocycles. The number of hydrogen-bond acceptors (Lipinski definition) is 8. The van der Waals surface area contributed by atoms with Gasteiger partial charge in [-0.15, -0.1) is 0 Å². The number of hydrogen-bond donors (Lipinski definition) is 3. The molecule has 1 aromatic heterocycles. The lowest BCUT2D eigenvalue weighted by Gasteiger charge is -2.16. The highest BCUT2D eigenvalue weighted by atomic mass is 16.5. The summed E-state index contributed by atoms with van der Waals surface area (Å²) in [6.07, 6.45) is 1.22. The molecule has 10 heteroatoms. The molecule has 0 aliphatic heterocycles. The van der Waals surface area contributed by atoms with Crippen molar-refractivity contribution in [2.45, 2.75) is 44.9 Å². The monoisotopic (exact) mass is 605 g/mol. The van der Waals surface area contributed by atoms with Crippen molar-refractivity contribution >= 4 is 28.6 Å². The maximum Gasteiger partial charge on any atom is 0.408 e. The van der Waals surface area contributed by atoms with Gasteiger partial charge in [0, 0.05) is 12.1 Å². The van der Waals surface area contributed by atoms with E-state index in [9.17, 15) is 14.4 Å². The van der Waals surface area contributed by atoms with Crippen molar-refractivity contribution in [3.8, 4) is 0 Å². The number of nitrogens with one attached hydrogen (secondary N) is 2. The molecule has 5 aromatic rings. The molecule has 0 aliphatic carbocycles. The highest BCUT2D eigenvalue weighted by Gasteiger charge is 2.27. The van der Waals surface area contributed by atoms with E-state index in [4.69, 9.17) is 15.0 Å². The Hall–Kier alpha value is -5.35. The van der Waals surface area contributed by atoms with Crippen LogP contribution in [0.1, 0.15) is 62.8 Å². The second kappa shape index (κ2) is 15.4. The van der Waals surface area contributed by atoms with Gasteiger partial charge in [-0.2, -0.15) is 4.98 Å². The number of amides is 2. The Bertz CT molecular complexity index is 1730. The third kappa shape index (κ3) is 8.61. The quantitative estimate of drug-likeness (QED) is 0.113. The fraction of sp³-hybridized carbons (Fsp3) is 0.229. The van der Waals surface area contributed by atoms with Crippen molar-refractivity contribution in [2.24, 2.45) is 5.73 Å². The fourth-order valence-electron chi connectivity index (χ4n) is 4.92. The maximum atomic E-state index is 13.2. The molecule has 0 spiro atoms. The number of alkyl carbamates (subject to hydrolysis) is 1. The molecule has 1 atom stereocenters. The van der Waals surface area contributed by atoms with Crippen molar-refractivity contribution in [3.63, 3.8) is 0 Å². The Morgan fingerprint density at radius 1 is 0.844 bits per heavy atom. The summed E-state index contributed by atoms with van der Waals surface area (Å²) in [6.45, 7) is 0.956. The molecule has 0 bridgehead atoms. The Morgan fingerprint density at radius 2 is 1.60 bits per heavy atom. The zero-order valence-corrected chi connectivity index (χ0v) is 24.8. The average Bonchev–Trinajstić information content (AvgIpc) is 3.54. The third-order valence-corrected chi connectivity index (χ3v) is 7.35. The Morgan fingerprint density at radius 3 is 2.40 bits per heavy atom. The van der Waals surface area contributed by atoms with E-state index in [-0.39, 0.29) is 30.7 Å². The van der Waals surface area contributed by atoms with Crippen LogP contribution in [0.3, 0.4) is 0 Å². The first kappa shape index (κ1) is 31.1. The predicted molar refractivity (Wildman–Crippen MR) is 169 cm³/mol. The molecule has 5 rings (SSSR count). The van der Waals surface area contributed by atoms with Gasteiger partial charge < -0.3 is 25.6 Å². The van der Waals surface area contributed by atoms with E-state index < -0.39 is 17.9 Å². The summed E-state index contributed by atoms with van der Waals surface area (Å²) in [6, 6.07) is 29.5.